The number of carbonyl (C=O) groups excluding carboxylic acids is 2. The average molecular weight is 377 g/mol. The average Bonchev–Trinajstić information content (AvgIpc) is 2.58. The number of rotatable bonds is 8. The number of esters is 1. The molecule has 0 fully saturated rings. The normalized spacial score (nSPS) is 12.2. The SMILES string of the molecule is CC(C)CCCC(C)NC(=O)COC(=O)c1ccc2nc(Cl)ccc2c1. The first-order valence-electron chi connectivity index (χ1n) is 8.88. The van der Waals surface area contributed by atoms with E-state index in [0.29, 0.717) is 22.2 Å². The number of benzene rings is 1. The molecule has 0 saturated carbocycles. The van der Waals surface area contributed by atoms with Gasteiger partial charge in [-0.05, 0) is 49.6 Å². The van der Waals surface area contributed by atoms with Gasteiger partial charge >= 0.3 is 5.97 Å². The molecule has 6 heteroatoms. The van der Waals surface area contributed by atoms with Crippen LogP contribution in [0.1, 0.15) is 50.4 Å². The van der Waals surface area contributed by atoms with Gasteiger partial charge in [-0.25, -0.2) is 9.78 Å². The van der Waals surface area contributed by atoms with Crippen molar-refractivity contribution >= 4 is 34.4 Å². The highest BCUT2D eigenvalue weighted by molar-refractivity contribution is 6.29. The summed E-state index contributed by atoms with van der Waals surface area (Å²) < 4.78 is 5.11. The van der Waals surface area contributed by atoms with E-state index in [1.165, 1.54) is 0 Å². The zero-order valence-electron chi connectivity index (χ0n) is 15.4. The first-order chi connectivity index (χ1) is 12.3. The summed E-state index contributed by atoms with van der Waals surface area (Å²) in [5.74, 6) is -0.166. The zero-order valence-corrected chi connectivity index (χ0v) is 16.2. The van der Waals surface area contributed by atoms with Crippen LogP contribution < -0.4 is 5.32 Å². The van der Waals surface area contributed by atoms with E-state index in [0.717, 1.165) is 24.6 Å². The highest BCUT2D eigenvalue weighted by atomic mass is 35.5. The number of nitrogens with zero attached hydrogens (tertiary/aromatic N) is 1. The lowest BCUT2D eigenvalue weighted by molar-refractivity contribution is -0.124. The first kappa shape index (κ1) is 20.2. The number of ether oxygens (including phenoxy) is 1. The third-order valence-corrected chi connectivity index (χ3v) is 4.26. The minimum Gasteiger partial charge on any atom is -0.452 e. The van der Waals surface area contributed by atoms with E-state index >= 15 is 0 Å². The van der Waals surface area contributed by atoms with Crippen molar-refractivity contribution in [3.8, 4) is 0 Å². The lowest BCUT2D eigenvalue weighted by Crippen LogP contribution is -2.35. The molecule has 1 aromatic heterocycles. The smallest absolute Gasteiger partial charge is 0.338 e. The van der Waals surface area contributed by atoms with Gasteiger partial charge in [-0.1, -0.05) is 38.3 Å². The Hall–Kier alpha value is -2.14. The van der Waals surface area contributed by atoms with Crippen molar-refractivity contribution < 1.29 is 14.3 Å². The predicted octanol–water partition coefficient (Wildman–Crippen LogP) is 4.38. The highest BCUT2D eigenvalue weighted by Crippen LogP contribution is 2.17. The van der Waals surface area contributed by atoms with Crippen molar-refractivity contribution in [1.29, 1.82) is 0 Å². The van der Waals surface area contributed by atoms with Crippen LogP contribution in [0.2, 0.25) is 5.15 Å². The van der Waals surface area contributed by atoms with E-state index in [2.05, 4.69) is 24.1 Å². The summed E-state index contributed by atoms with van der Waals surface area (Å²) in [4.78, 5) is 28.2. The molecule has 0 aliphatic heterocycles. The molecule has 1 aromatic carbocycles. The van der Waals surface area contributed by atoms with Crippen molar-refractivity contribution in [2.75, 3.05) is 6.61 Å². The lowest BCUT2D eigenvalue weighted by Gasteiger charge is -2.14. The van der Waals surface area contributed by atoms with E-state index in [1.807, 2.05) is 6.92 Å². The van der Waals surface area contributed by atoms with Crippen molar-refractivity contribution in [3.63, 3.8) is 0 Å². The number of carbonyl (C=O) groups is 2. The standard InChI is InChI=1S/C20H25ClN2O3/c1-13(2)5-4-6-14(3)22-19(24)12-26-20(25)16-7-9-17-15(11-16)8-10-18(21)23-17/h7-11,13-14H,4-6,12H2,1-3H3,(H,22,24). The van der Waals surface area contributed by atoms with Crippen LogP contribution in [0.4, 0.5) is 0 Å². The van der Waals surface area contributed by atoms with Gasteiger partial charge in [-0.3, -0.25) is 4.79 Å². The van der Waals surface area contributed by atoms with Crippen LogP contribution >= 0.6 is 11.6 Å². The topological polar surface area (TPSA) is 68.3 Å². The Kier molecular flexibility index (Phi) is 7.39. The number of aromatic nitrogens is 1. The fourth-order valence-corrected chi connectivity index (χ4v) is 2.82. The predicted molar refractivity (Wildman–Crippen MR) is 103 cm³/mol. The number of fused-ring (bicyclic) bond motifs is 1. The summed E-state index contributed by atoms with van der Waals surface area (Å²) in [6.45, 7) is 6.03. The molecule has 2 aromatic rings. The monoisotopic (exact) mass is 376 g/mol. The van der Waals surface area contributed by atoms with Crippen molar-refractivity contribution in [3.05, 3.63) is 41.0 Å². The summed E-state index contributed by atoms with van der Waals surface area (Å²) in [6.07, 6.45) is 3.11. The van der Waals surface area contributed by atoms with Gasteiger partial charge in [0.2, 0.25) is 0 Å². The van der Waals surface area contributed by atoms with Gasteiger partial charge in [0.25, 0.3) is 5.91 Å². The molecule has 0 radical (unpaired) electrons. The number of amides is 1. The molecule has 0 saturated heterocycles. The molecule has 1 heterocycles. The van der Waals surface area contributed by atoms with Crippen molar-refractivity contribution in [1.82, 2.24) is 10.3 Å². The van der Waals surface area contributed by atoms with Crippen LogP contribution in [0.15, 0.2) is 30.3 Å². The number of pyridine rings is 1. The van der Waals surface area contributed by atoms with Crippen LogP contribution in [0.5, 0.6) is 0 Å². The maximum atomic E-state index is 12.1. The molecule has 2 rings (SSSR count). The van der Waals surface area contributed by atoms with E-state index in [1.54, 1.807) is 30.3 Å². The molecule has 1 atom stereocenters. The molecule has 0 aliphatic carbocycles. The van der Waals surface area contributed by atoms with Crippen molar-refractivity contribution in [2.45, 2.75) is 46.1 Å². The van der Waals surface area contributed by atoms with Gasteiger partial charge in [0.1, 0.15) is 5.15 Å². The third-order valence-electron chi connectivity index (χ3n) is 4.05. The molecular formula is C20H25ClN2O3. The Morgan fingerprint density at radius 1 is 1.15 bits per heavy atom. The number of hydrogen-bond donors (Lipinski definition) is 1. The van der Waals surface area contributed by atoms with Crippen molar-refractivity contribution in [2.24, 2.45) is 5.92 Å². The van der Waals surface area contributed by atoms with Gasteiger partial charge in [-0.2, -0.15) is 0 Å². The zero-order chi connectivity index (χ0) is 19.1. The maximum Gasteiger partial charge on any atom is 0.338 e. The Balaban J connectivity index is 1.82. The van der Waals surface area contributed by atoms with E-state index < -0.39 is 5.97 Å². The van der Waals surface area contributed by atoms with E-state index in [-0.39, 0.29) is 18.6 Å². The number of halogens is 1. The van der Waals surface area contributed by atoms with Crippen LogP contribution in [0.25, 0.3) is 10.9 Å². The van der Waals surface area contributed by atoms with Gasteiger partial charge in [0, 0.05) is 11.4 Å². The largest absolute Gasteiger partial charge is 0.452 e. The van der Waals surface area contributed by atoms with Crippen LogP contribution in [0.3, 0.4) is 0 Å². The summed E-state index contributed by atoms with van der Waals surface area (Å²) >= 11 is 5.85. The minimum absolute atomic E-state index is 0.0662. The van der Waals surface area contributed by atoms with Gasteiger partial charge in [-0.15, -0.1) is 0 Å². The Morgan fingerprint density at radius 2 is 1.92 bits per heavy atom. The number of hydrogen-bond acceptors (Lipinski definition) is 4. The van der Waals surface area contributed by atoms with Crippen LogP contribution in [0, 0.1) is 5.92 Å². The molecule has 26 heavy (non-hydrogen) atoms. The molecule has 0 spiro atoms. The van der Waals surface area contributed by atoms with Gasteiger partial charge in [0.05, 0.1) is 11.1 Å². The maximum absolute atomic E-state index is 12.1. The Bertz CT molecular complexity index is 777. The molecular weight excluding hydrogens is 352 g/mol. The van der Waals surface area contributed by atoms with Crippen LogP contribution in [-0.2, 0) is 9.53 Å². The molecule has 1 unspecified atom stereocenters. The Morgan fingerprint density at radius 3 is 2.65 bits per heavy atom. The number of nitrogens with one attached hydrogen (secondary N) is 1. The quantitative estimate of drug-likeness (QED) is 0.548. The molecule has 0 bridgehead atoms. The second kappa shape index (κ2) is 9.53. The molecule has 0 aliphatic rings. The summed E-state index contributed by atoms with van der Waals surface area (Å²) in [6, 6.07) is 8.50. The lowest BCUT2D eigenvalue weighted by atomic mass is 10.0. The van der Waals surface area contributed by atoms with Crippen LogP contribution in [-0.4, -0.2) is 29.5 Å². The summed E-state index contributed by atoms with van der Waals surface area (Å²) in [7, 11) is 0. The second-order valence-electron chi connectivity index (χ2n) is 6.91. The second-order valence-corrected chi connectivity index (χ2v) is 7.30. The fraction of sp³-hybridized carbons (Fsp3) is 0.450. The fourth-order valence-electron chi connectivity index (χ4n) is 2.66. The molecule has 1 amide bonds. The summed E-state index contributed by atoms with van der Waals surface area (Å²) in [5, 5.41) is 4.04. The summed E-state index contributed by atoms with van der Waals surface area (Å²) in [5.41, 5.74) is 1.07. The van der Waals surface area contributed by atoms with E-state index in [4.69, 9.17) is 16.3 Å². The van der Waals surface area contributed by atoms with Gasteiger partial charge in [0.15, 0.2) is 6.61 Å². The Labute approximate surface area is 159 Å². The molecule has 1 N–H and O–H groups in total. The first-order valence-corrected chi connectivity index (χ1v) is 9.25. The molecule has 5 nitrogen and oxygen atoms in total. The highest BCUT2D eigenvalue weighted by Gasteiger charge is 2.13. The van der Waals surface area contributed by atoms with Gasteiger partial charge < -0.3 is 10.1 Å². The third kappa shape index (κ3) is 6.30. The van der Waals surface area contributed by atoms with E-state index in [9.17, 15) is 9.59 Å². The minimum atomic E-state index is -0.538. The molecule has 140 valence electrons.